The van der Waals surface area contributed by atoms with Crippen molar-refractivity contribution in [2.45, 2.75) is 19.6 Å². The molecule has 1 heterocycles. The van der Waals surface area contributed by atoms with E-state index in [-0.39, 0.29) is 12.0 Å². The molecule has 5 heteroatoms. The van der Waals surface area contributed by atoms with Crippen LogP contribution in [0.2, 0.25) is 0 Å². The molecule has 0 unspecified atom stereocenters. The molecular formula is C19H20INO3. The maximum atomic E-state index is 12.7. The Morgan fingerprint density at radius 1 is 1.29 bits per heavy atom. The van der Waals surface area contributed by atoms with Gasteiger partial charge in [-0.15, -0.1) is 0 Å². The lowest BCUT2D eigenvalue weighted by atomic mass is 10.1. The van der Waals surface area contributed by atoms with Crippen LogP contribution in [0.4, 0.5) is 0 Å². The molecular weight excluding hydrogens is 417 g/mol. The fraction of sp³-hybridized carbons (Fsp3) is 0.316. The second-order valence-electron chi connectivity index (χ2n) is 5.85. The number of amides is 1. The van der Waals surface area contributed by atoms with Crippen LogP contribution in [-0.2, 0) is 11.3 Å². The van der Waals surface area contributed by atoms with Gasteiger partial charge in [-0.3, -0.25) is 4.79 Å². The number of benzene rings is 2. The number of hydrogen-bond donors (Lipinski definition) is 0. The van der Waals surface area contributed by atoms with E-state index in [1.165, 1.54) is 0 Å². The topological polar surface area (TPSA) is 38.8 Å². The zero-order valence-corrected chi connectivity index (χ0v) is 15.7. The molecule has 1 amide bonds. The van der Waals surface area contributed by atoms with E-state index in [2.05, 4.69) is 22.6 Å². The summed E-state index contributed by atoms with van der Waals surface area (Å²) >= 11 is 2.23. The van der Waals surface area contributed by atoms with Crippen molar-refractivity contribution in [1.82, 2.24) is 4.90 Å². The van der Waals surface area contributed by atoms with Crippen molar-refractivity contribution in [3.63, 3.8) is 0 Å². The van der Waals surface area contributed by atoms with Crippen LogP contribution in [0.1, 0.15) is 22.8 Å². The number of carbonyl (C=O) groups is 1. The fourth-order valence-electron chi connectivity index (χ4n) is 2.67. The summed E-state index contributed by atoms with van der Waals surface area (Å²) in [7, 11) is 0. The van der Waals surface area contributed by atoms with Crippen LogP contribution in [0.3, 0.4) is 0 Å². The third kappa shape index (κ3) is 4.27. The monoisotopic (exact) mass is 437 g/mol. The highest BCUT2D eigenvalue weighted by Crippen LogP contribution is 2.24. The van der Waals surface area contributed by atoms with Gasteiger partial charge in [0.25, 0.3) is 5.91 Å². The van der Waals surface area contributed by atoms with E-state index in [0.717, 1.165) is 14.9 Å². The number of halogens is 1. The van der Waals surface area contributed by atoms with Gasteiger partial charge in [-0.25, -0.2) is 0 Å². The smallest absolute Gasteiger partial charge is 0.254 e. The van der Waals surface area contributed by atoms with Gasteiger partial charge in [-0.05, 0) is 53.3 Å². The predicted octanol–water partition coefficient (Wildman–Crippen LogP) is 3.73. The van der Waals surface area contributed by atoms with Crippen LogP contribution in [0, 0.1) is 3.57 Å². The minimum Gasteiger partial charge on any atom is -0.488 e. The summed E-state index contributed by atoms with van der Waals surface area (Å²) in [5.74, 6) is 0.776. The molecule has 0 aliphatic carbocycles. The summed E-state index contributed by atoms with van der Waals surface area (Å²) in [6, 6.07) is 15.6. The zero-order chi connectivity index (χ0) is 16.9. The first-order chi connectivity index (χ1) is 11.6. The average Bonchev–Trinajstić information content (AvgIpc) is 2.61. The minimum absolute atomic E-state index is 0.0334. The average molecular weight is 437 g/mol. The van der Waals surface area contributed by atoms with E-state index >= 15 is 0 Å². The van der Waals surface area contributed by atoms with Gasteiger partial charge in [-0.2, -0.15) is 0 Å². The fourth-order valence-corrected chi connectivity index (χ4v) is 3.16. The molecule has 2 aromatic carbocycles. The summed E-state index contributed by atoms with van der Waals surface area (Å²) in [5, 5.41) is 0. The van der Waals surface area contributed by atoms with Crippen LogP contribution in [0.15, 0.2) is 48.5 Å². The first-order valence-electron chi connectivity index (χ1n) is 8.00. The summed E-state index contributed by atoms with van der Waals surface area (Å²) < 4.78 is 12.4. The molecule has 1 fully saturated rings. The third-order valence-electron chi connectivity index (χ3n) is 3.94. The highest BCUT2D eigenvalue weighted by Gasteiger charge is 2.23. The first-order valence-corrected chi connectivity index (χ1v) is 9.08. The SMILES string of the molecule is C[C@H]1CN(C(=O)c2ccc(I)c(OCc3ccccc3)c2)CCO1. The predicted molar refractivity (Wildman–Crippen MR) is 101 cm³/mol. The van der Waals surface area contributed by atoms with Crippen LogP contribution < -0.4 is 4.74 Å². The second-order valence-corrected chi connectivity index (χ2v) is 7.01. The lowest BCUT2D eigenvalue weighted by Crippen LogP contribution is -2.44. The van der Waals surface area contributed by atoms with Crippen molar-refractivity contribution in [3.05, 3.63) is 63.2 Å². The molecule has 0 N–H and O–H groups in total. The third-order valence-corrected chi connectivity index (χ3v) is 4.83. The minimum atomic E-state index is 0.0334. The van der Waals surface area contributed by atoms with E-state index in [9.17, 15) is 4.79 Å². The maximum Gasteiger partial charge on any atom is 0.254 e. The Bertz CT molecular complexity index is 705. The molecule has 0 radical (unpaired) electrons. The molecule has 24 heavy (non-hydrogen) atoms. The largest absolute Gasteiger partial charge is 0.488 e. The second kappa shape index (κ2) is 7.98. The molecule has 2 aromatic rings. The van der Waals surface area contributed by atoms with Gasteiger partial charge in [0.1, 0.15) is 12.4 Å². The number of rotatable bonds is 4. The molecule has 0 bridgehead atoms. The zero-order valence-electron chi connectivity index (χ0n) is 13.6. The number of ether oxygens (including phenoxy) is 2. The van der Waals surface area contributed by atoms with Crippen molar-refractivity contribution in [3.8, 4) is 5.75 Å². The Labute approximate surface area is 155 Å². The van der Waals surface area contributed by atoms with Crippen molar-refractivity contribution in [2.75, 3.05) is 19.7 Å². The Morgan fingerprint density at radius 2 is 2.08 bits per heavy atom. The maximum absolute atomic E-state index is 12.7. The van der Waals surface area contributed by atoms with Gasteiger partial charge in [0.05, 0.1) is 16.3 Å². The van der Waals surface area contributed by atoms with Crippen molar-refractivity contribution in [2.24, 2.45) is 0 Å². The molecule has 0 spiro atoms. The molecule has 1 aliphatic rings. The van der Waals surface area contributed by atoms with Crippen LogP contribution in [0.25, 0.3) is 0 Å². The lowest BCUT2D eigenvalue weighted by molar-refractivity contribution is -0.0124. The summed E-state index contributed by atoms with van der Waals surface area (Å²) in [5.41, 5.74) is 1.76. The number of hydrogen-bond acceptors (Lipinski definition) is 3. The molecule has 1 saturated heterocycles. The Balaban J connectivity index is 1.72. The van der Waals surface area contributed by atoms with Crippen molar-refractivity contribution >= 4 is 28.5 Å². The molecule has 1 atom stereocenters. The molecule has 3 rings (SSSR count). The van der Waals surface area contributed by atoms with Gasteiger partial charge < -0.3 is 14.4 Å². The van der Waals surface area contributed by atoms with E-state index in [4.69, 9.17) is 9.47 Å². The highest BCUT2D eigenvalue weighted by molar-refractivity contribution is 14.1. The van der Waals surface area contributed by atoms with E-state index in [1.54, 1.807) is 0 Å². The summed E-state index contributed by atoms with van der Waals surface area (Å²) in [6.07, 6.45) is 0.0837. The Hall–Kier alpha value is -1.60. The van der Waals surface area contributed by atoms with E-state index in [1.807, 2.05) is 60.4 Å². The number of nitrogens with zero attached hydrogens (tertiary/aromatic N) is 1. The molecule has 1 aliphatic heterocycles. The summed E-state index contributed by atoms with van der Waals surface area (Å²) in [4.78, 5) is 14.5. The van der Waals surface area contributed by atoms with Gasteiger partial charge >= 0.3 is 0 Å². The van der Waals surface area contributed by atoms with Gasteiger partial charge in [0.15, 0.2) is 0 Å². The van der Waals surface area contributed by atoms with Crippen LogP contribution in [0.5, 0.6) is 5.75 Å². The number of morpholine rings is 1. The lowest BCUT2D eigenvalue weighted by Gasteiger charge is -2.31. The quantitative estimate of drug-likeness (QED) is 0.685. The van der Waals surface area contributed by atoms with E-state index < -0.39 is 0 Å². The van der Waals surface area contributed by atoms with Gasteiger partial charge in [-0.1, -0.05) is 30.3 Å². The Kier molecular flexibility index (Phi) is 5.73. The standard InChI is InChI=1S/C19H20INO3/c1-14-12-21(9-10-23-14)19(22)16-7-8-17(20)18(11-16)24-13-15-5-3-2-4-6-15/h2-8,11,14H,9-10,12-13H2,1H3/t14-/m0/s1. The molecule has 4 nitrogen and oxygen atoms in total. The van der Waals surface area contributed by atoms with Crippen molar-refractivity contribution in [1.29, 1.82) is 0 Å². The van der Waals surface area contributed by atoms with E-state index in [0.29, 0.717) is 31.9 Å². The van der Waals surface area contributed by atoms with Gasteiger partial charge in [0, 0.05) is 18.7 Å². The highest BCUT2D eigenvalue weighted by atomic mass is 127. The van der Waals surface area contributed by atoms with Crippen LogP contribution >= 0.6 is 22.6 Å². The Morgan fingerprint density at radius 3 is 2.83 bits per heavy atom. The molecule has 126 valence electrons. The number of carbonyl (C=O) groups excluding carboxylic acids is 1. The normalized spacial score (nSPS) is 17.6. The van der Waals surface area contributed by atoms with Crippen LogP contribution in [-0.4, -0.2) is 36.6 Å². The van der Waals surface area contributed by atoms with Crippen molar-refractivity contribution < 1.29 is 14.3 Å². The first kappa shape index (κ1) is 17.2. The van der Waals surface area contributed by atoms with Gasteiger partial charge in [0.2, 0.25) is 0 Å². The molecule has 0 saturated carbocycles. The molecule has 0 aromatic heterocycles. The summed E-state index contributed by atoms with van der Waals surface area (Å²) in [6.45, 7) is 4.33.